The standard InChI is InChI=1S/C20H18N4OS/c1-11-8-9-14(10-12(11)2)18(25)13(3)26-20-22-19-17(23-24-20)15-6-4-5-7-16(15)21-19/h4-10,13H,1-3H3,(H,21,22,24)/t13-/m1/s1. The monoisotopic (exact) mass is 362 g/mol. The molecular weight excluding hydrogens is 344 g/mol. The van der Waals surface area contributed by atoms with E-state index in [2.05, 4.69) is 20.2 Å². The second-order valence-corrected chi connectivity index (χ2v) is 7.69. The van der Waals surface area contributed by atoms with E-state index >= 15 is 0 Å². The molecule has 130 valence electrons. The molecule has 2 heterocycles. The summed E-state index contributed by atoms with van der Waals surface area (Å²) in [6, 6.07) is 13.7. The molecule has 0 unspecified atom stereocenters. The zero-order chi connectivity index (χ0) is 18.3. The zero-order valence-electron chi connectivity index (χ0n) is 14.8. The van der Waals surface area contributed by atoms with Gasteiger partial charge in [-0.1, -0.05) is 42.1 Å². The van der Waals surface area contributed by atoms with Crippen LogP contribution >= 0.6 is 11.8 Å². The molecule has 0 bridgehead atoms. The topological polar surface area (TPSA) is 71.5 Å². The lowest BCUT2D eigenvalue weighted by molar-refractivity contribution is 0.0994. The van der Waals surface area contributed by atoms with Crippen molar-refractivity contribution < 1.29 is 4.79 Å². The number of hydrogen-bond donors (Lipinski definition) is 1. The molecule has 0 radical (unpaired) electrons. The SMILES string of the molecule is Cc1ccc(C(=O)[C@@H](C)Sc2nnc3c(n2)[nH]c2ccccc23)cc1C. The number of carbonyl (C=O) groups is 1. The van der Waals surface area contributed by atoms with Gasteiger partial charge < -0.3 is 4.98 Å². The van der Waals surface area contributed by atoms with Gasteiger partial charge >= 0.3 is 0 Å². The molecule has 4 rings (SSSR count). The molecule has 0 saturated carbocycles. The van der Waals surface area contributed by atoms with Gasteiger partial charge in [-0.3, -0.25) is 4.79 Å². The molecule has 0 aliphatic heterocycles. The van der Waals surface area contributed by atoms with Crippen molar-refractivity contribution in [1.82, 2.24) is 20.2 Å². The van der Waals surface area contributed by atoms with E-state index in [9.17, 15) is 4.79 Å². The molecule has 6 heteroatoms. The molecule has 26 heavy (non-hydrogen) atoms. The number of Topliss-reactive ketones (excluding diaryl/α,β-unsaturated/α-hetero) is 1. The molecule has 0 spiro atoms. The molecule has 2 aromatic heterocycles. The fourth-order valence-corrected chi connectivity index (χ4v) is 3.69. The molecule has 2 aromatic carbocycles. The van der Waals surface area contributed by atoms with Crippen molar-refractivity contribution in [2.75, 3.05) is 0 Å². The van der Waals surface area contributed by atoms with Gasteiger partial charge in [0.1, 0.15) is 5.52 Å². The highest BCUT2D eigenvalue weighted by Crippen LogP contribution is 2.26. The Morgan fingerprint density at radius 1 is 1.08 bits per heavy atom. The normalized spacial score (nSPS) is 12.6. The van der Waals surface area contributed by atoms with E-state index in [1.165, 1.54) is 17.3 Å². The summed E-state index contributed by atoms with van der Waals surface area (Å²) in [5, 5.41) is 9.71. The molecule has 0 saturated heterocycles. The molecule has 5 nitrogen and oxygen atoms in total. The Morgan fingerprint density at radius 3 is 2.69 bits per heavy atom. The van der Waals surface area contributed by atoms with Gasteiger partial charge in [0.05, 0.1) is 5.25 Å². The summed E-state index contributed by atoms with van der Waals surface area (Å²) in [5.41, 5.74) is 5.43. The smallest absolute Gasteiger partial charge is 0.211 e. The fraction of sp³-hybridized carbons (Fsp3) is 0.200. The van der Waals surface area contributed by atoms with Crippen molar-refractivity contribution in [2.45, 2.75) is 31.2 Å². The first-order valence-electron chi connectivity index (χ1n) is 8.42. The molecular formula is C20H18N4OS. The van der Waals surface area contributed by atoms with Crippen molar-refractivity contribution >= 4 is 39.6 Å². The Morgan fingerprint density at radius 2 is 1.88 bits per heavy atom. The van der Waals surface area contributed by atoms with Crippen LogP contribution in [0, 0.1) is 13.8 Å². The number of para-hydroxylation sites is 1. The molecule has 1 atom stereocenters. The largest absolute Gasteiger partial charge is 0.338 e. The Labute approximate surface area is 155 Å². The third-order valence-electron chi connectivity index (χ3n) is 4.55. The highest BCUT2D eigenvalue weighted by Gasteiger charge is 2.19. The summed E-state index contributed by atoms with van der Waals surface area (Å²) in [7, 11) is 0. The number of thioether (sulfide) groups is 1. The molecule has 0 amide bonds. The number of aryl methyl sites for hydroxylation is 2. The van der Waals surface area contributed by atoms with Crippen molar-refractivity contribution in [1.29, 1.82) is 0 Å². The predicted molar refractivity (Wildman–Crippen MR) is 105 cm³/mol. The number of ketones is 1. The Balaban J connectivity index is 1.60. The van der Waals surface area contributed by atoms with E-state index in [0.29, 0.717) is 16.4 Å². The van der Waals surface area contributed by atoms with Crippen LogP contribution in [-0.2, 0) is 0 Å². The number of rotatable bonds is 4. The molecule has 0 aliphatic rings. The Hall–Kier alpha value is -2.73. The van der Waals surface area contributed by atoms with Gasteiger partial charge in [-0.05, 0) is 44.0 Å². The molecule has 1 N–H and O–H groups in total. The minimum Gasteiger partial charge on any atom is -0.338 e. The third-order valence-corrected chi connectivity index (χ3v) is 5.50. The first-order valence-corrected chi connectivity index (χ1v) is 9.30. The van der Waals surface area contributed by atoms with E-state index in [-0.39, 0.29) is 11.0 Å². The lowest BCUT2D eigenvalue weighted by Gasteiger charge is -2.10. The van der Waals surface area contributed by atoms with Gasteiger partial charge in [0.2, 0.25) is 5.16 Å². The lowest BCUT2D eigenvalue weighted by Crippen LogP contribution is -2.14. The average Bonchev–Trinajstić information content (AvgIpc) is 3.01. The number of hydrogen-bond acceptors (Lipinski definition) is 5. The van der Waals surface area contributed by atoms with E-state index in [4.69, 9.17) is 0 Å². The number of aromatic amines is 1. The van der Waals surface area contributed by atoms with Gasteiger partial charge in [0.25, 0.3) is 0 Å². The van der Waals surface area contributed by atoms with Gasteiger partial charge in [-0.25, -0.2) is 4.98 Å². The average molecular weight is 362 g/mol. The summed E-state index contributed by atoms with van der Waals surface area (Å²) in [6.45, 7) is 5.93. The van der Waals surface area contributed by atoms with Crippen LogP contribution in [0.15, 0.2) is 47.6 Å². The number of nitrogens with one attached hydrogen (secondary N) is 1. The van der Waals surface area contributed by atoms with Crippen molar-refractivity contribution in [2.24, 2.45) is 0 Å². The second kappa shape index (κ2) is 6.53. The van der Waals surface area contributed by atoms with Crippen LogP contribution in [-0.4, -0.2) is 31.2 Å². The van der Waals surface area contributed by atoms with Crippen LogP contribution in [0.5, 0.6) is 0 Å². The second-order valence-electron chi connectivity index (χ2n) is 6.39. The Bertz CT molecular complexity index is 1140. The maximum atomic E-state index is 12.7. The van der Waals surface area contributed by atoms with E-state index < -0.39 is 0 Å². The summed E-state index contributed by atoms with van der Waals surface area (Å²) < 4.78 is 0. The zero-order valence-corrected chi connectivity index (χ0v) is 15.6. The number of H-pyrrole nitrogens is 1. The summed E-state index contributed by atoms with van der Waals surface area (Å²) in [5.74, 6) is 0.0680. The van der Waals surface area contributed by atoms with Crippen LogP contribution in [0.25, 0.3) is 22.1 Å². The first kappa shape index (κ1) is 16.7. The van der Waals surface area contributed by atoms with Crippen molar-refractivity contribution in [3.8, 4) is 0 Å². The minimum atomic E-state index is -0.291. The number of aromatic nitrogens is 4. The fourth-order valence-electron chi connectivity index (χ4n) is 2.90. The highest BCUT2D eigenvalue weighted by molar-refractivity contribution is 8.00. The maximum Gasteiger partial charge on any atom is 0.211 e. The van der Waals surface area contributed by atoms with Crippen LogP contribution in [0.1, 0.15) is 28.4 Å². The number of benzene rings is 2. The predicted octanol–water partition coefficient (Wildman–Crippen LogP) is 4.49. The summed E-state index contributed by atoms with van der Waals surface area (Å²) >= 11 is 1.33. The van der Waals surface area contributed by atoms with Gasteiger partial charge in [0, 0.05) is 16.5 Å². The molecule has 0 aliphatic carbocycles. The van der Waals surface area contributed by atoms with E-state index in [0.717, 1.165) is 22.0 Å². The van der Waals surface area contributed by atoms with Crippen molar-refractivity contribution in [3.05, 3.63) is 59.2 Å². The first-order chi connectivity index (χ1) is 12.5. The third kappa shape index (κ3) is 2.97. The number of fused-ring (bicyclic) bond motifs is 3. The number of nitrogens with zero attached hydrogens (tertiary/aromatic N) is 3. The summed E-state index contributed by atoms with van der Waals surface area (Å²) in [6.07, 6.45) is 0. The minimum absolute atomic E-state index is 0.0680. The maximum absolute atomic E-state index is 12.7. The lowest BCUT2D eigenvalue weighted by atomic mass is 10.0. The molecule has 0 fully saturated rings. The van der Waals surface area contributed by atoms with Gasteiger partial charge in [-0.15, -0.1) is 10.2 Å². The van der Waals surface area contributed by atoms with E-state index in [1.54, 1.807) is 0 Å². The van der Waals surface area contributed by atoms with Crippen molar-refractivity contribution in [3.63, 3.8) is 0 Å². The van der Waals surface area contributed by atoms with E-state index in [1.807, 2.05) is 63.2 Å². The summed E-state index contributed by atoms with van der Waals surface area (Å²) in [4.78, 5) is 20.5. The van der Waals surface area contributed by atoms with Crippen LogP contribution in [0.4, 0.5) is 0 Å². The highest BCUT2D eigenvalue weighted by atomic mass is 32.2. The van der Waals surface area contributed by atoms with Gasteiger partial charge in [-0.2, -0.15) is 0 Å². The van der Waals surface area contributed by atoms with Gasteiger partial charge in [0.15, 0.2) is 11.4 Å². The molecule has 4 aromatic rings. The Kier molecular flexibility index (Phi) is 4.20. The van der Waals surface area contributed by atoms with Crippen LogP contribution in [0.3, 0.4) is 0 Å². The quantitative estimate of drug-likeness (QED) is 0.428. The van der Waals surface area contributed by atoms with Crippen LogP contribution < -0.4 is 0 Å². The van der Waals surface area contributed by atoms with Crippen LogP contribution in [0.2, 0.25) is 0 Å². The number of carbonyl (C=O) groups excluding carboxylic acids is 1.